The lowest BCUT2D eigenvalue weighted by Crippen LogP contribution is -1.97. The van der Waals surface area contributed by atoms with Crippen LogP contribution in [0.25, 0.3) is 0 Å². The highest BCUT2D eigenvalue weighted by atomic mass is 16.3. The van der Waals surface area contributed by atoms with E-state index in [-0.39, 0.29) is 6.10 Å². The van der Waals surface area contributed by atoms with E-state index in [1.807, 2.05) is 6.92 Å². The Hall–Kier alpha value is -0.0800. The normalized spacial score (nSPS) is 12.2. The molecule has 0 amide bonds. The van der Waals surface area contributed by atoms with Crippen LogP contribution in [-0.4, -0.2) is 22.9 Å². The quantitative estimate of drug-likeness (QED) is 0.699. The minimum atomic E-state index is -0.0973. The smallest absolute Gasteiger partial charge is 0.0512 e. The van der Waals surface area contributed by atoms with Crippen molar-refractivity contribution in [1.29, 1.82) is 0 Å². The summed E-state index contributed by atoms with van der Waals surface area (Å²) < 4.78 is 0. The molecule has 0 bridgehead atoms. The molecule has 0 saturated carbocycles. The van der Waals surface area contributed by atoms with Crippen LogP contribution in [-0.2, 0) is 0 Å². The molecule has 0 spiro atoms. The number of hydrogen-bond acceptors (Lipinski definition) is 2. The molecule has 0 rings (SSSR count). The topological polar surface area (TPSA) is 40.5 Å². The van der Waals surface area contributed by atoms with Gasteiger partial charge in [-0.15, -0.1) is 0 Å². The summed E-state index contributed by atoms with van der Waals surface area (Å²) in [5.41, 5.74) is 0. The first-order valence-electron chi connectivity index (χ1n) is 5.33. The lowest BCUT2D eigenvalue weighted by atomic mass is 10.2. The van der Waals surface area contributed by atoms with Gasteiger partial charge in [0.25, 0.3) is 0 Å². The molecule has 13 heavy (non-hydrogen) atoms. The van der Waals surface area contributed by atoms with E-state index in [0.717, 1.165) is 19.3 Å². The second-order valence-electron chi connectivity index (χ2n) is 3.90. The highest BCUT2D eigenvalue weighted by Gasteiger charge is 1.90. The molecular weight excluding hydrogens is 164 g/mol. The lowest BCUT2D eigenvalue weighted by Gasteiger charge is -1.98. The molecule has 0 radical (unpaired) electrons. The predicted octanol–water partition coefficient (Wildman–Crippen LogP) is 2.58. The fourth-order valence-corrected chi connectivity index (χ4v) is 0.758. The van der Waals surface area contributed by atoms with Gasteiger partial charge in [0.15, 0.2) is 0 Å². The molecule has 2 nitrogen and oxygen atoms in total. The largest absolute Gasteiger partial charge is 0.396 e. The van der Waals surface area contributed by atoms with Crippen molar-refractivity contribution < 1.29 is 10.2 Å². The third-order valence-electron chi connectivity index (χ3n) is 1.68. The van der Waals surface area contributed by atoms with E-state index in [1.54, 1.807) is 0 Å². The maximum absolute atomic E-state index is 8.68. The fourth-order valence-electron chi connectivity index (χ4n) is 0.758. The Morgan fingerprint density at radius 3 is 1.69 bits per heavy atom. The summed E-state index contributed by atoms with van der Waals surface area (Å²) in [5.74, 6) is 0.648. The number of aliphatic hydroxyl groups is 2. The zero-order valence-corrected chi connectivity index (χ0v) is 9.58. The Kier molecular flexibility index (Phi) is 14.1. The number of rotatable bonds is 5. The Morgan fingerprint density at radius 2 is 1.62 bits per heavy atom. The van der Waals surface area contributed by atoms with Crippen molar-refractivity contribution in [3.8, 4) is 0 Å². The average molecular weight is 190 g/mol. The molecule has 0 aliphatic carbocycles. The van der Waals surface area contributed by atoms with Crippen molar-refractivity contribution in [1.82, 2.24) is 0 Å². The van der Waals surface area contributed by atoms with Gasteiger partial charge in [-0.25, -0.2) is 0 Å². The molecule has 0 saturated heterocycles. The maximum atomic E-state index is 8.68. The first-order valence-corrected chi connectivity index (χ1v) is 5.33. The Bertz CT molecular complexity index is 80.2. The third-order valence-corrected chi connectivity index (χ3v) is 1.68. The summed E-state index contributed by atoms with van der Waals surface area (Å²) in [4.78, 5) is 0. The van der Waals surface area contributed by atoms with Crippen LogP contribution >= 0.6 is 0 Å². The standard InChI is InChI=1S/C6H14O.C5H12O/c1-3-4-5-6(2)7;1-5(2)3-4-6/h6-7H,3-5H2,1-2H3;5-6H,3-4H2,1-2H3. The molecule has 1 atom stereocenters. The molecule has 2 N–H and O–H groups in total. The monoisotopic (exact) mass is 190 g/mol. The van der Waals surface area contributed by atoms with Gasteiger partial charge in [0.05, 0.1) is 6.10 Å². The summed E-state index contributed by atoms with van der Waals surface area (Å²) in [7, 11) is 0. The van der Waals surface area contributed by atoms with Crippen molar-refractivity contribution in [2.75, 3.05) is 6.61 Å². The second kappa shape index (κ2) is 11.9. The lowest BCUT2D eigenvalue weighted by molar-refractivity contribution is 0.181. The van der Waals surface area contributed by atoms with E-state index in [0.29, 0.717) is 12.5 Å². The molecule has 2 heteroatoms. The molecule has 0 fully saturated rings. The zero-order valence-electron chi connectivity index (χ0n) is 9.58. The highest BCUT2D eigenvalue weighted by Crippen LogP contribution is 1.97. The van der Waals surface area contributed by atoms with Crippen LogP contribution in [0.15, 0.2) is 0 Å². The van der Waals surface area contributed by atoms with E-state index >= 15 is 0 Å². The van der Waals surface area contributed by atoms with Gasteiger partial charge in [0.1, 0.15) is 0 Å². The minimum absolute atomic E-state index is 0.0973. The summed E-state index contributed by atoms with van der Waals surface area (Å²) in [6.07, 6.45) is 4.12. The van der Waals surface area contributed by atoms with Gasteiger partial charge in [-0.3, -0.25) is 0 Å². The van der Waals surface area contributed by atoms with Crippen LogP contribution in [0.4, 0.5) is 0 Å². The van der Waals surface area contributed by atoms with Crippen LogP contribution in [0.3, 0.4) is 0 Å². The number of hydrogen-bond donors (Lipinski definition) is 2. The van der Waals surface area contributed by atoms with Gasteiger partial charge in [-0.05, 0) is 25.7 Å². The van der Waals surface area contributed by atoms with Crippen LogP contribution in [0.2, 0.25) is 0 Å². The molecule has 1 unspecified atom stereocenters. The van der Waals surface area contributed by atoms with Gasteiger partial charge in [-0.2, -0.15) is 0 Å². The molecule has 0 aromatic carbocycles. The van der Waals surface area contributed by atoms with Gasteiger partial charge in [-0.1, -0.05) is 33.6 Å². The zero-order chi connectivity index (χ0) is 10.7. The van der Waals surface area contributed by atoms with E-state index in [2.05, 4.69) is 20.8 Å². The van der Waals surface area contributed by atoms with Crippen LogP contribution in [0.1, 0.15) is 53.4 Å². The molecular formula is C11H26O2. The molecule has 0 aromatic rings. The summed E-state index contributed by atoms with van der Waals surface area (Å²) in [6.45, 7) is 8.47. The third kappa shape index (κ3) is 24.5. The summed E-state index contributed by atoms with van der Waals surface area (Å²) in [5, 5.41) is 16.9. The Balaban J connectivity index is 0. The first-order chi connectivity index (χ1) is 6.04. The van der Waals surface area contributed by atoms with Crippen LogP contribution in [0, 0.1) is 5.92 Å². The van der Waals surface area contributed by atoms with E-state index in [1.165, 1.54) is 6.42 Å². The van der Waals surface area contributed by atoms with Crippen molar-refractivity contribution in [3.05, 3.63) is 0 Å². The number of aliphatic hydroxyl groups excluding tert-OH is 2. The fraction of sp³-hybridized carbons (Fsp3) is 1.00. The average Bonchev–Trinajstić information content (AvgIpc) is 2.01. The van der Waals surface area contributed by atoms with E-state index < -0.39 is 0 Å². The van der Waals surface area contributed by atoms with E-state index in [4.69, 9.17) is 10.2 Å². The Labute approximate surface area is 83.0 Å². The van der Waals surface area contributed by atoms with Crippen molar-refractivity contribution in [2.45, 2.75) is 59.5 Å². The van der Waals surface area contributed by atoms with Crippen molar-refractivity contribution >= 4 is 0 Å². The SMILES string of the molecule is CC(C)CCO.CCCCC(C)O. The highest BCUT2D eigenvalue weighted by molar-refractivity contribution is 4.43. The summed E-state index contributed by atoms with van der Waals surface area (Å²) >= 11 is 0. The molecule has 0 heterocycles. The first kappa shape index (κ1) is 15.4. The van der Waals surface area contributed by atoms with Crippen molar-refractivity contribution in [3.63, 3.8) is 0 Å². The summed E-state index contributed by atoms with van der Waals surface area (Å²) in [6, 6.07) is 0. The maximum Gasteiger partial charge on any atom is 0.0512 e. The van der Waals surface area contributed by atoms with Crippen molar-refractivity contribution in [2.24, 2.45) is 5.92 Å². The molecule has 0 aliphatic rings. The Morgan fingerprint density at radius 1 is 1.08 bits per heavy atom. The second-order valence-corrected chi connectivity index (χ2v) is 3.90. The van der Waals surface area contributed by atoms with Gasteiger partial charge in [0.2, 0.25) is 0 Å². The van der Waals surface area contributed by atoms with Gasteiger partial charge >= 0.3 is 0 Å². The van der Waals surface area contributed by atoms with E-state index in [9.17, 15) is 0 Å². The molecule has 0 aliphatic heterocycles. The predicted molar refractivity (Wildman–Crippen MR) is 57.7 cm³/mol. The van der Waals surface area contributed by atoms with Crippen LogP contribution < -0.4 is 0 Å². The van der Waals surface area contributed by atoms with Gasteiger partial charge in [0, 0.05) is 6.61 Å². The molecule has 0 aromatic heterocycles. The minimum Gasteiger partial charge on any atom is -0.396 e. The van der Waals surface area contributed by atoms with Crippen LogP contribution in [0.5, 0.6) is 0 Å². The molecule has 82 valence electrons. The van der Waals surface area contributed by atoms with Gasteiger partial charge < -0.3 is 10.2 Å². The number of unbranched alkanes of at least 4 members (excludes halogenated alkanes) is 1.